The van der Waals surface area contributed by atoms with Crippen molar-refractivity contribution in [3.05, 3.63) is 23.8 Å². The molecule has 0 radical (unpaired) electrons. The maximum Gasteiger partial charge on any atom is 0.166 e. The molecule has 1 saturated heterocycles. The molecule has 20 heavy (non-hydrogen) atoms. The van der Waals surface area contributed by atoms with Crippen LogP contribution in [0, 0.1) is 11.6 Å². The van der Waals surface area contributed by atoms with Gasteiger partial charge < -0.3 is 10.3 Å². The zero-order valence-corrected chi connectivity index (χ0v) is 11.8. The first-order valence-electron chi connectivity index (χ1n) is 6.63. The lowest BCUT2D eigenvalue weighted by Crippen LogP contribution is -2.44. The highest BCUT2D eigenvalue weighted by atomic mass is 32.2. The van der Waals surface area contributed by atoms with Gasteiger partial charge in [-0.2, -0.15) is 0 Å². The fourth-order valence-corrected chi connectivity index (χ4v) is 3.14. The second kappa shape index (κ2) is 6.07. The SMILES string of the molecule is Fc1cc2nc(SCCN3CCNCC3)[nH]c2cc1F. The quantitative estimate of drug-likeness (QED) is 0.846. The Kier molecular flexibility index (Phi) is 4.18. The maximum absolute atomic E-state index is 13.1. The van der Waals surface area contributed by atoms with Crippen molar-refractivity contribution < 1.29 is 8.78 Å². The van der Waals surface area contributed by atoms with E-state index in [1.807, 2.05) is 0 Å². The van der Waals surface area contributed by atoms with E-state index in [-0.39, 0.29) is 0 Å². The van der Waals surface area contributed by atoms with E-state index in [9.17, 15) is 8.78 Å². The lowest BCUT2D eigenvalue weighted by molar-refractivity contribution is 0.255. The summed E-state index contributed by atoms with van der Waals surface area (Å²) in [7, 11) is 0. The van der Waals surface area contributed by atoms with Gasteiger partial charge in [0.2, 0.25) is 0 Å². The number of aromatic nitrogens is 2. The summed E-state index contributed by atoms with van der Waals surface area (Å²) in [6.07, 6.45) is 0. The molecule has 0 spiro atoms. The molecule has 2 heterocycles. The van der Waals surface area contributed by atoms with Crippen molar-refractivity contribution in [1.82, 2.24) is 20.2 Å². The third-order valence-electron chi connectivity index (χ3n) is 3.36. The Morgan fingerprint density at radius 2 is 1.95 bits per heavy atom. The minimum atomic E-state index is -0.860. The molecule has 7 heteroatoms. The molecule has 0 bridgehead atoms. The molecule has 4 nitrogen and oxygen atoms in total. The van der Waals surface area contributed by atoms with Gasteiger partial charge in [0, 0.05) is 50.6 Å². The lowest BCUT2D eigenvalue weighted by Gasteiger charge is -2.26. The summed E-state index contributed by atoms with van der Waals surface area (Å²) in [6.45, 7) is 5.20. The van der Waals surface area contributed by atoms with Gasteiger partial charge in [-0.15, -0.1) is 0 Å². The fourth-order valence-electron chi connectivity index (χ4n) is 2.26. The van der Waals surface area contributed by atoms with E-state index in [1.54, 1.807) is 11.8 Å². The molecule has 1 aliphatic rings. The molecule has 1 fully saturated rings. The van der Waals surface area contributed by atoms with E-state index in [2.05, 4.69) is 20.2 Å². The minimum absolute atomic E-state index is 0.466. The summed E-state index contributed by atoms with van der Waals surface area (Å²) in [4.78, 5) is 9.68. The van der Waals surface area contributed by atoms with Gasteiger partial charge in [0.25, 0.3) is 0 Å². The number of hydrogen-bond donors (Lipinski definition) is 2. The number of imidazole rings is 1. The highest BCUT2D eigenvalue weighted by Gasteiger charge is 2.11. The average Bonchev–Trinajstić information content (AvgIpc) is 2.82. The van der Waals surface area contributed by atoms with Gasteiger partial charge in [-0.25, -0.2) is 13.8 Å². The summed E-state index contributed by atoms with van der Waals surface area (Å²) in [5.74, 6) is -0.801. The standard InChI is InChI=1S/C13H16F2N4S/c14-9-7-11-12(8-10(9)15)18-13(17-11)20-6-5-19-3-1-16-2-4-19/h7-8,16H,1-6H2,(H,17,18). The number of halogens is 2. The van der Waals surface area contributed by atoms with Crippen LogP contribution in [0.5, 0.6) is 0 Å². The molecule has 0 unspecified atom stereocenters. The molecule has 2 aromatic rings. The predicted octanol–water partition coefficient (Wildman–Crippen LogP) is 1.84. The van der Waals surface area contributed by atoms with Gasteiger partial charge in [-0.05, 0) is 0 Å². The second-order valence-corrected chi connectivity index (χ2v) is 5.85. The number of thioether (sulfide) groups is 1. The van der Waals surface area contributed by atoms with Crippen molar-refractivity contribution in [2.75, 3.05) is 38.5 Å². The van der Waals surface area contributed by atoms with Crippen molar-refractivity contribution in [3.63, 3.8) is 0 Å². The molecule has 1 aliphatic heterocycles. The molecule has 1 aromatic heterocycles. The first-order chi connectivity index (χ1) is 9.72. The zero-order valence-electron chi connectivity index (χ0n) is 11.0. The van der Waals surface area contributed by atoms with E-state index in [4.69, 9.17) is 0 Å². The number of benzene rings is 1. The van der Waals surface area contributed by atoms with Crippen molar-refractivity contribution in [3.8, 4) is 0 Å². The second-order valence-electron chi connectivity index (χ2n) is 4.77. The van der Waals surface area contributed by atoms with Crippen LogP contribution in [0.2, 0.25) is 0 Å². The topological polar surface area (TPSA) is 44.0 Å². The Hall–Kier alpha value is -1.18. The summed E-state index contributed by atoms with van der Waals surface area (Å²) >= 11 is 1.58. The monoisotopic (exact) mass is 298 g/mol. The van der Waals surface area contributed by atoms with Crippen molar-refractivity contribution >= 4 is 22.8 Å². The first kappa shape index (κ1) is 13.8. The number of aromatic amines is 1. The van der Waals surface area contributed by atoms with Gasteiger partial charge >= 0.3 is 0 Å². The van der Waals surface area contributed by atoms with Crippen LogP contribution in [0.3, 0.4) is 0 Å². The minimum Gasteiger partial charge on any atom is -0.333 e. The van der Waals surface area contributed by atoms with Crippen LogP contribution in [-0.4, -0.2) is 53.3 Å². The highest BCUT2D eigenvalue weighted by Crippen LogP contribution is 2.21. The Morgan fingerprint density at radius 1 is 1.20 bits per heavy atom. The van der Waals surface area contributed by atoms with Crippen LogP contribution in [-0.2, 0) is 0 Å². The normalized spacial score (nSPS) is 16.9. The third kappa shape index (κ3) is 3.11. The van der Waals surface area contributed by atoms with Crippen molar-refractivity contribution in [2.24, 2.45) is 0 Å². The van der Waals surface area contributed by atoms with Crippen LogP contribution < -0.4 is 5.32 Å². The van der Waals surface area contributed by atoms with Crippen LogP contribution in [0.1, 0.15) is 0 Å². The van der Waals surface area contributed by atoms with Gasteiger partial charge in [0.05, 0.1) is 11.0 Å². The number of H-pyrrole nitrogens is 1. The average molecular weight is 298 g/mol. The van der Waals surface area contributed by atoms with Gasteiger partial charge in [0.1, 0.15) is 0 Å². The number of nitrogens with zero attached hydrogens (tertiary/aromatic N) is 2. The molecule has 1 aromatic carbocycles. The van der Waals surface area contributed by atoms with Crippen LogP contribution in [0.25, 0.3) is 11.0 Å². The summed E-state index contributed by atoms with van der Waals surface area (Å²) in [5.41, 5.74) is 1.00. The zero-order chi connectivity index (χ0) is 13.9. The number of piperazine rings is 1. The van der Waals surface area contributed by atoms with Gasteiger partial charge in [-0.3, -0.25) is 4.90 Å². The van der Waals surface area contributed by atoms with E-state index in [0.717, 1.165) is 50.6 Å². The Balaban J connectivity index is 1.60. The molecular weight excluding hydrogens is 282 g/mol. The summed E-state index contributed by atoms with van der Waals surface area (Å²) < 4.78 is 26.2. The largest absolute Gasteiger partial charge is 0.333 e. The van der Waals surface area contributed by atoms with E-state index in [0.29, 0.717) is 16.2 Å². The van der Waals surface area contributed by atoms with Crippen molar-refractivity contribution in [1.29, 1.82) is 0 Å². The van der Waals surface area contributed by atoms with E-state index < -0.39 is 11.6 Å². The van der Waals surface area contributed by atoms with E-state index in [1.165, 1.54) is 0 Å². The molecule has 0 saturated carbocycles. The van der Waals surface area contributed by atoms with Crippen LogP contribution >= 0.6 is 11.8 Å². The Morgan fingerprint density at radius 3 is 2.75 bits per heavy atom. The van der Waals surface area contributed by atoms with Crippen molar-refractivity contribution in [2.45, 2.75) is 5.16 Å². The molecule has 2 N–H and O–H groups in total. The number of nitrogens with one attached hydrogen (secondary N) is 2. The number of rotatable bonds is 4. The molecule has 0 amide bonds. The van der Waals surface area contributed by atoms with E-state index >= 15 is 0 Å². The first-order valence-corrected chi connectivity index (χ1v) is 7.61. The molecule has 108 valence electrons. The summed E-state index contributed by atoms with van der Waals surface area (Å²) in [5, 5.41) is 4.02. The molecular formula is C13H16F2N4S. The number of hydrogen-bond acceptors (Lipinski definition) is 4. The van der Waals surface area contributed by atoms with Crippen LogP contribution in [0.4, 0.5) is 8.78 Å². The Bertz CT molecular complexity index is 556. The highest BCUT2D eigenvalue weighted by molar-refractivity contribution is 7.99. The Labute approximate surface area is 119 Å². The molecule has 0 atom stereocenters. The third-order valence-corrected chi connectivity index (χ3v) is 4.21. The molecule has 0 aliphatic carbocycles. The van der Waals surface area contributed by atoms with Gasteiger partial charge in [0.15, 0.2) is 16.8 Å². The fraction of sp³-hybridized carbons (Fsp3) is 0.462. The number of fused-ring (bicyclic) bond motifs is 1. The maximum atomic E-state index is 13.1. The molecule has 3 rings (SSSR count). The predicted molar refractivity (Wildman–Crippen MR) is 76.0 cm³/mol. The lowest BCUT2D eigenvalue weighted by atomic mass is 10.3. The van der Waals surface area contributed by atoms with Crippen LogP contribution in [0.15, 0.2) is 17.3 Å². The summed E-state index contributed by atoms with van der Waals surface area (Å²) in [6, 6.07) is 2.28. The smallest absolute Gasteiger partial charge is 0.166 e. The van der Waals surface area contributed by atoms with Gasteiger partial charge in [-0.1, -0.05) is 11.8 Å².